The number of epoxide rings is 1. The van der Waals surface area contributed by atoms with Gasteiger partial charge in [-0.25, -0.2) is 9.37 Å². The molecule has 3 nitrogen and oxygen atoms in total. The Morgan fingerprint density at radius 3 is 2.54 bits per heavy atom. The van der Waals surface area contributed by atoms with Crippen molar-refractivity contribution in [3.63, 3.8) is 0 Å². The quantitative estimate of drug-likeness (QED) is 0.599. The minimum atomic E-state index is -0.362. The molecule has 1 aliphatic heterocycles. The molecule has 0 saturated carbocycles. The molecule has 4 rings (SSSR count). The van der Waals surface area contributed by atoms with Crippen molar-refractivity contribution in [2.45, 2.75) is 26.4 Å². The van der Waals surface area contributed by atoms with Crippen LogP contribution >= 0.6 is 0 Å². The van der Waals surface area contributed by atoms with Crippen LogP contribution in [0.3, 0.4) is 0 Å². The van der Waals surface area contributed by atoms with Crippen molar-refractivity contribution in [1.82, 2.24) is 4.98 Å². The van der Waals surface area contributed by atoms with Gasteiger partial charge in [-0.15, -0.1) is 0 Å². The van der Waals surface area contributed by atoms with E-state index in [2.05, 4.69) is 20.8 Å². The Morgan fingerprint density at radius 2 is 1.88 bits per heavy atom. The summed E-state index contributed by atoms with van der Waals surface area (Å²) in [7, 11) is 1.62. The van der Waals surface area contributed by atoms with E-state index in [0.29, 0.717) is 17.9 Å². The fourth-order valence-corrected chi connectivity index (χ4v) is 3.52. The van der Waals surface area contributed by atoms with Crippen LogP contribution in [0.1, 0.15) is 26.3 Å². The highest BCUT2D eigenvalue weighted by atomic mass is 19.1. The lowest BCUT2D eigenvalue weighted by molar-refractivity contribution is 0.151. The average Bonchev–Trinajstić information content (AvgIpc) is 3.43. The zero-order valence-corrected chi connectivity index (χ0v) is 15.5. The predicted molar refractivity (Wildman–Crippen MR) is 101 cm³/mol. The summed E-state index contributed by atoms with van der Waals surface area (Å²) in [5.74, 6) is 0.328. The van der Waals surface area contributed by atoms with Gasteiger partial charge in [0.25, 0.3) is 0 Å². The monoisotopic (exact) mass is 351 g/mol. The molecule has 1 unspecified atom stereocenters. The third kappa shape index (κ3) is 2.56. The number of pyridine rings is 1. The van der Waals surface area contributed by atoms with Crippen LogP contribution in [-0.4, -0.2) is 18.7 Å². The Hall–Kier alpha value is -2.46. The number of methoxy groups -OCH3 is 1. The number of nitrogens with zero attached hydrogens (tertiary/aromatic N) is 1. The standard InChI is InChI=1S/C22H22FNO2/c1-21(2,3)22(13-26-22)17-10-11-19(24-20(17)25-4)15-9-8-14-6-5-7-18(23)16(14)12-15/h5-12H,13H2,1-4H3. The molecular weight excluding hydrogens is 329 g/mol. The zero-order chi connectivity index (χ0) is 18.5. The van der Waals surface area contributed by atoms with Crippen LogP contribution in [0.4, 0.5) is 4.39 Å². The van der Waals surface area contributed by atoms with E-state index in [9.17, 15) is 4.39 Å². The van der Waals surface area contributed by atoms with E-state index in [1.54, 1.807) is 13.2 Å². The summed E-state index contributed by atoms with van der Waals surface area (Å²) in [6.45, 7) is 7.12. The van der Waals surface area contributed by atoms with Gasteiger partial charge in [-0.3, -0.25) is 0 Å². The third-order valence-electron chi connectivity index (χ3n) is 5.26. The summed E-state index contributed by atoms with van der Waals surface area (Å²) in [6, 6.07) is 14.8. The van der Waals surface area contributed by atoms with Crippen LogP contribution in [0.15, 0.2) is 48.5 Å². The largest absolute Gasteiger partial charge is 0.481 e. The van der Waals surface area contributed by atoms with Gasteiger partial charge in [0.2, 0.25) is 5.88 Å². The third-order valence-corrected chi connectivity index (χ3v) is 5.26. The maximum atomic E-state index is 14.1. The molecule has 1 saturated heterocycles. The van der Waals surface area contributed by atoms with Crippen LogP contribution in [0.2, 0.25) is 0 Å². The maximum Gasteiger partial charge on any atom is 0.219 e. The summed E-state index contributed by atoms with van der Waals surface area (Å²) >= 11 is 0. The van der Waals surface area contributed by atoms with E-state index < -0.39 is 0 Å². The maximum absolute atomic E-state index is 14.1. The van der Waals surface area contributed by atoms with Gasteiger partial charge in [0.05, 0.1) is 19.4 Å². The van der Waals surface area contributed by atoms with Crippen molar-refractivity contribution in [3.8, 4) is 17.1 Å². The lowest BCUT2D eigenvalue weighted by Crippen LogP contribution is -2.28. The Balaban J connectivity index is 1.81. The second-order valence-corrected chi connectivity index (χ2v) is 7.79. The molecule has 1 aromatic heterocycles. The highest BCUT2D eigenvalue weighted by Gasteiger charge is 2.57. The molecule has 0 aliphatic carbocycles. The number of aromatic nitrogens is 1. The van der Waals surface area contributed by atoms with Gasteiger partial charge in [0.1, 0.15) is 11.4 Å². The number of rotatable bonds is 3. The van der Waals surface area contributed by atoms with E-state index in [1.165, 1.54) is 6.07 Å². The first-order valence-electron chi connectivity index (χ1n) is 8.74. The first kappa shape index (κ1) is 17.0. The summed E-state index contributed by atoms with van der Waals surface area (Å²) in [6.07, 6.45) is 0. The minimum absolute atomic E-state index is 0.0600. The number of halogens is 1. The van der Waals surface area contributed by atoms with Crippen molar-refractivity contribution in [2.75, 3.05) is 13.7 Å². The number of hydrogen-bond acceptors (Lipinski definition) is 3. The molecule has 4 heteroatoms. The SMILES string of the molecule is COc1nc(-c2ccc3cccc(F)c3c2)ccc1C1(C(C)(C)C)CO1. The molecule has 1 fully saturated rings. The second-order valence-electron chi connectivity index (χ2n) is 7.79. The first-order valence-corrected chi connectivity index (χ1v) is 8.74. The van der Waals surface area contributed by atoms with Crippen LogP contribution in [-0.2, 0) is 10.3 Å². The van der Waals surface area contributed by atoms with Crippen LogP contribution in [0.5, 0.6) is 5.88 Å². The predicted octanol–water partition coefficient (Wildman–Crippen LogP) is 5.32. The van der Waals surface area contributed by atoms with Crippen molar-refractivity contribution < 1.29 is 13.9 Å². The Kier molecular flexibility index (Phi) is 3.77. The first-order chi connectivity index (χ1) is 12.4. The topological polar surface area (TPSA) is 34.6 Å². The Bertz CT molecular complexity index is 987. The molecule has 0 amide bonds. The van der Waals surface area contributed by atoms with Crippen LogP contribution < -0.4 is 4.74 Å². The molecule has 2 heterocycles. The van der Waals surface area contributed by atoms with Gasteiger partial charge in [-0.05, 0) is 35.1 Å². The second kappa shape index (κ2) is 5.78. The van der Waals surface area contributed by atoms with Gasteiger partial charge in [-0.2, -0.15) is 0 Å². The molecule has 134 valence electrons. The van der Waals surface area contributed by atoms with Crippen LogP contribution in [0, 0.1) is 11.2 Å². The zero-order valence-electron chi connectivity index (χ0n) is 15.5. The normalized spacial score (nSPS) is 19.6. The minimum Gasteiger partial charge on any atom is -0.481 e. The number of hydrogen-bond donors (Lipinski definition) is 0. The smallest absolute Gasteiger partial charge is 0.219 e. The van der Waals surface area contributed by atoms with Gasteiger partial charge in [0.15, 0.2) is 0 Å². The Morgan fingerprint density at radius 1 is 1.12 bits per heavy atom. The fraction of sp³-hybridized carbons (Fsp3) is 0.318. The summed E-state index contributed by atoms with van der Waals surface area (Å²) in [5.41, 5.74) is 2.15. The average molecular weight is 351 g/mol. The molecule has 1 aliphatic rings. The molecule has 1 atom stereocenters. The van der Waals surface area contributed by atoms with Gasteiger partial charge in [0, 0.05) is 16.5 Å². The summed E-state index contributed by atoms with van der Waals surface area (Å²) in [5, 5.41) is 1.46. The van der Waals surface area contributed by atoms with E-state index >= 15 is 0 Å². The number of ether oxygens (including phenoxy) is 2. The van der Waals surface area contributed by atoms with Crippen molar-refractivity contribution in [3.05, 3.63) is 59.9 Å². The molecule has 0 spiro atoms. The van der Waals surface area contributed by atoms with Crippen LogP contribution in [0.25, 0.3) is 22.0 Å². The van der Waals surface area contributed by atoms with Gasteiger partial charge < -0.3 is 9.47 Å². The fourth-order valence-electron chi connectivity index (χ4n) is 3.52. The summed E-state index contributed by atoms with van der Waals surface area (Å²) < 4.78 is 25.5. The summed E-state index contributed by atoms with van der Waals surface area (Å²) in [4.78, 5) is 4.69. The van der Waals surface area contributed by atoms with E-state index in [0.717, 1.165) is 22.2 Å². The number of benzene rings is 2. The lowest BCUT2D eigenvalue weighted by Gasteiger charge is -2.28. The molecule has 0 N–H and O–H groups in total. The van der Waals surface area contributed by atoms with E-state index in [1.807, 2.05) is 36.4 Å². The van der Waals surface area contributed by atoms with E-state index in [-0.39, 0.29) is 16.8 Å². The van der Waals surface area contributed by atoms with Crippen molar-refractivity contribution >= 4 is 10.8 Å². The highest BCUT2D eigenvalue weighted by Crippen LogP contribution is 2.54. The van der Waals surface area contributed by atoms with Crippen molar-refractivity contribution in [1.29, 1.82) is 0 Å². The Labute approximate surface area is 152 Å². The molecular formula is C22H22FNO2. The molecule has 3 aromatic rings. The molecule has 0 bridgehead atoms. The van der Waals surface area contributed by atoms with E-state index in [4.69, 9.17) is 14.5 Å². The molecule has 2 aromatic carbocycles. The van der Waals surface area contributed by atoms with Gasteiger partial charge in [-0.1, -0.05) is 45.0 Å². The lowest BCUT2D eigenvalue weighted by atomic mass is 9.76. The number of fused-ring (bicyclic) bond motifs is 1. The molecule has 0 radical (unpaired) electrons. The highest BCUT2D eigenvalue weighted by molar-refractivity contribution is 5.87. The van der Waals surface area contributed by atoms with Crippen molar-refractivity contribution in [2.24, 2.45) is 5.41 Å². The van der Waals surface area contributed by atoms with Gasteiger partial charge >= 0.3 is 0 Å². The molecule has 26 heavy (non-hydrogen) atoms.